The summed E-state index contributed by atoms with van der Waals surface area (Å²) in [5.74, 6) is -0.688. The summed E-state index contributed by atoms with van der Waals surface area (Å²) in [4.78, 5) is 23.4. The van der Waals surface area contributed by atoms with Gasteiger partial charge >= 0.3 is 5.97 Å². The first-order valence-electron chi connectivity index (χ1n) is 7.31. The van der Waals surface area contributed by atoms with Crippen LogP contribution in [0.15, 0.2) is 18.2 Å². The topological polar surface area (TPSA) is 43.4 Å². The average Bonchev–Trinajstić information content (AvgIpc) is 2.36. The molecule has 0 saturated carbocycles. The number of carbonyl (C=O) groups excluding carboxylic acids is 2. The Morgan fingerprint density at radius 2 is 2.05 bits per heavy atom. The highest BCUT2D eigenvalue weighted by Crippen LogP contribution is 2.35. The van der Waals surface area contributed by atoms with E-state index in [1.807, 2.05) is 20.8 Å². The predicted molar refractivity (Wildman–Crippen MR) is 77.4 cm³/mol. The molecule has 3 nitrogen and oxygen atoms in total. The van der Waals surface area contributed by atoms with E-state index >= 15 is 0 Å². The van der Waals surface area contributed by atoms with E-state index in [1.54, 1.807) is 6.07 Å². The van der Waals surface area contributed by atoms with Gasteiger partial charge in [-0.2, -0.15) is 0 Å². The highest BCUT2D eigenvalue weighted by atomic mass is 19.1. The van der Waals surface area contributed by atoms with Crippen molar-refractivity contribution in [3.05, 3.63) is 35.1 Å². The third-order valence-electron chi connectivity index (χ3n) is 4.33. The van der Waals surface area contributed by atoms with Gasteiger partial charge in [-0.05, 0) is 48.9 Å². The molecular weight excluding hydrogens is 271 g/mol. The monoisotopic (exact) mass is 292 g/mol. The zero-order valence-electron chi connectivity index (χ0n) is 12.7. The molecule has 1 unspecified atom stereocenters. The van der Waals surface area contributed by atoms with Crippen molar-refractivity contribution in [3.8, 4) is 0 Å². The summed E-state index contributed by atoms with van der Waals surface area (Å²) < 4.78 is 18.7. The predicted octanol–water partition coefficient (Wildman–Crippen LogP) is 3.37. The first kappa shape index (κ1) is 15.7. The lowest BCUT2D eigenvalue weighted by atomic mass is 9.78. The average molecular weight is 292 g/mol. The SMILES string of the molecule is Cc1cc(F)ccc1CCC1(C(C)C)CC(=O)CC(=O)O1. The fraction of sp³-hybridized carbons (Fsp3) is 0.529. The Morgan fingerprint density at radius 3 is 2.62 bits per heavy atom. The van der Waals surface area contributed by atoms with Gasteiger partial charge in [0.05, 0.1) is 0 Å². The highest BCUT2D eigenvalue weighted by Gasteiger charge is 2.43. The molecule has 0 aromatic heterocycles. The second-order valence-corrected chi connectivity index (χ2v) is 6.16. The molecule has 1 aliphatic rings. The summed E-state index contributed by atoms with van der Waals surface area (Å²) in [6, 6.07) is 4.68. The smallest absolute Gasteiger partial charge is 0.313 e. The first-order valence-corrected chi connectivity index (χ1v) is 7.31. The molecule has 2 rings (SSSR count). The molecule has 0 aliphatic carbocycles. The van der Waals surface area contributed by atoms with Gasteiger partial charge in [-0.25, -0.2) is 4.39 Å². The summed E-state index contributed by atoms with van der Waals surface area (Å²) >= 11 is 0. The van der Waals surface area contributed by atoms with Crippen LogP contribution in [0.5, 0.6) is 0 Å². The lowest BCUT2D eigenvalue weighted by Crippen LogP contribution is -2.47. The van der Waals surface area contributed by atoms with Gasteiger partial charge in [0, 0.05) is 6.42 Å². The Bertz CT molecular complexity index is 547. The standard InChI is InChI=1S/C17H21FO3/c1-11(2)17(10-15(19)9-16(20)21-17)7-6-13-4-5-14(18)8-12(13)3/h4-5,8,11H,6-7,9-10H2,1-3H3. The van der Waals surface area contributed by atoms with Gasteiger partial charge in [0.15, 0.2) is 0 Å². The van der Waals surface area contributed by atoms with Crippen molar-refractivity contribution in [2.24, 2.45) is 5.92 Å². The van der Waals surface area contributed by atoms with E-state index in [1.165, 1.54) is 12.1 Å². The summed E-state index contributed by atoms with van der Waals surface area (Å²) in [7, 11) is 0. The normalized spacial score (nSPS) is 22.5. The summed E-state index contributed by atoms with van der Waals surface area (Å²) in [6.45, 7) is 5.78. The van der Waals surface area contributed by atoms with E-state index < -0.39 is 11.6 Å². The lowest BCUT2D eigenvalue weighted by molar-refractivity contribution is -0.177. The molecule has 1 atom stereocenters. The quantitative estimate of drug-likeness (QED) is 0.631. The molecule has 0 spiro atoms. The third kappa shape index (κ3) is 3.49. The van der Waals surface area contributed by atoms with Crippen molar-refractivity contribution in [1.29, 1.82) is 0 Å². The van der Waals surface area contributed by atoms with Gasteiger partial charge in [0.2, 0.25) is 0 Å². The fourth-order valence-corrected chi connectivity index (χ4v) is 2.89. The van der Waals surface area contributed by atoms with Gasteiger partial charge in [-0.1, -0.05) is 19.9 Å². The minimum Gasteiger partial charge on any atom is -0.458 e. The minimum absolute atomic E-state index is 0.0595. The largest absolute Gasteiger partial charge is 0.458 e. The molecule has 114 valence electrons. The number of halogens is 1. The van der Waals surface area contributed by atoms with Crippen LogP contribution in [-0.4, -0.2) is 17.4 Å². The summed E-state index contributed by atoms with van der Waals surface area (Å²) in [5, 5.41) is 0. The number of cyclic esters (lactones) is 1. The van der Waals surface area contributed by atoms with Crippen molar-refractivity contribution < 1.29 is 18.7 Å². The van der Waals surface area contributed by atoms with E-state index in [-0.39, 0.29) is 30.4 Å². The van der Waals surface area contributed by atoms with E-state index in [0.717, 1.165) is 11.1 Å². The molecule has 1 aliphatic heterocycles. The summed E-state index contributed by atoms with van der Waals surface area (Å²) in [6.07, 6.45) is 1.39. The Kier molecular flexibility index (Phi) is 4.45. The highest BCUT2D eigenvalue weighted by molar-refractivity contribution is 5.98. The van der Waals surface area contributed by atoms with E-state index in [4.69, 9.17) is 4.74 Å². The van der Waals surface area contributed by atoms with Crippen LogP contribution in [0.2, 0.25) is 0 Å². The van der Waals surface area contributed by atoms with Crippen molar-refractivity contribution in [1.82, 2.24) is 0 Å². The number of hydrogen-bond donors (Lipinski definition) is 0. The molecular formula is C17H21FO3. The zero-order chi connectivity index (χ0) is 15.6. The second-order valence-electron chi connectivity index (χ2n) is 6.16. The second kappa shape index (κ2) is 5.96. The molecule has 21 heavy (non-hydrogen) atoms. The van der Waals surface area contributed by atoms with Crippen LogP contribution in [0.1, 0.15) is 44.2 Å². The maximum Gasteiger partial charge on any atom is 0.313 e. The molecule has 0 radical (unpaired) electrons. The van der Waals surface area contributed by atoms with Gasteiger partial charge in [0.25, 0.3) is 0 Å². The minimum atomic E-state index is -0.729. The third-order valence-corrected chi connectivity index (χ3v) is 4.33. The molecule has 1 saturated heterocycles. The van der Waals surface area contributed by atoms with Gasteiger partial charge in [-0.15, -0.1) is 0 Å². The molecule has 0 N–H and O–H groups in total. The maximum atomic E-state index is 13.1. The first-order chi connectivity index (χ1) is 9.82. The van der Waals surface area contributed by atoms with Crippen LogP contribution in [0.25, 0.3) is 0 Å². The summed E-state index contributed by atoms with van der Waals surface area (Å²) in [5.41, 5.74) is 1.17. The molecule has 1 heterocycles. The molecule has 0 bridgehead atoms. The Balaban J connectivity index is 2.17. The number of benzene rings is 1. The number of aryl methyl sites for hydroxylation is 2. The lowest BCUT2D eigenvalue weighted by Gasteiger charge is -2.39. The fourth-order valence-electron chi connectivity index (χ4n) is 2.89. The van der Waals surface area contributed by atoms with Crippen LogP contribution >= 0.6 is 0 Å². The van der Waals surface area contributed by atoms with E-state index in [9.17, 15) is 14.0 Å². The van der Waals surface area contributed by atoms with E-state index in [0.29, 0.717) is 12.8 Å². The van der Waals surface area contributed by atoms with Crippen LogP contribution in [-0.2, 0) is 20.7 Å². The molecule has 4 heteroatoms. The number of esters is 1. The van der Waals surface area contributed by atoms with Gasteiger partial charge in [0.1, 0.15) is 23.6 Å². The Hall–Kier alpha value is -1.71. The van der Waals surface area contributed by atoms with Crippen LogP contribution in [0, 0.1) is 18.7 Å². The molecule has 1 aromatic rings. The van der Waals surface area contributed by atoms with Crippen molar-refractivity contribution >= 4 is 11.8 Å². The number of carbonyl (C=O) groups is 2. The molecule has 1 fully saturated rings. The zero-order valence-corrected chi connectivity index (χ0v) is 12.7. The van der Waals surface area contributed by atoms with Crippen LogP contribution in [0.4, 0.5) is 4.39 Å². The number of rotatable bonds is 4. The molecule has 1 aromatic carbocycles. The van der Waals surface area contributed by atoms with Crippen LogP contribution in [0.3, 0.4) is 0 Å². The number of ether oxygens (including phenoxy) is 1. The van der Waals surface area contributed by atoms with Gasteiger partial charge < -0.3 is 4.74 Å². The number of hydrogen-bond acceptors (Lipinski definition) is 3. The van der Waals surface area contributed by atoms with Crippen molar-refractivity contribution in [3.63, 3.8) is 0 Å². The Morgan fingerprint density at radius 1 is 1.33 bits per heavy atom. The maximum absolute atomic E-state index is 13.1. The van der Waals surface area contributed by atoms with E-state index in [2.05, 4.69) is 0 Å². The van der Waals surface area contributed by atoms with Crippen molar-refractivity contribution in [2.45, 2.75) is 52.1 Å². The molecule has 0 amide bonds. The number of ketones is 1. The van der Waals surface area contributed by atoms with Gasteiger partial charge in [-0.3, -0.25) is 9.59 Å². The number of Topliss-reactive ketones (excluding diaryl/α,β-unsaturated/α-hetero) is 1. The van der Waals surface area contributed by atoms with Crippen molar-refractivity contribution in [2.75, 3.05) is 0 Å². The Labute approximate surface area is 124 Å². The van der Waals surface area contributed by atoms with Crippen LogP contribution < -0.4 is 0 Å².